The Labute approximate surface area is 157 Å². The van der Waals surface area contributed by atoms with E-state index in [-0.39, 0.29) is 37.2 Å². The molecule has 3 N–H and O–H groups in total. The number of ether oxygens (including phenoxy) is 3. The number of amides is 1. The molecule has 0 spiro atoms. The Kier molecular flexibility index (Phi) is 5.71. The number of nitrogens with one attached hydrogen (secondary N) is 1. The first-order chi connectivity index (χ1) is 12.9. The summed E-state index contributed by atoms with van der Waals surface area (Å²) in [6, 6.07) is 10.1. The number of benzene rings is 2. The number of phenolic OH excluding ortho intramolecular Hbond substituents is 1. The van der Waals surface area contributed by atoms with Gasteiger partial charge in [0, 0.05) is 12.6 Å². The van der Waals surface area contributed by atoms with Crippen LogP contribution in [0.25, 0.3) is 0 Å². The SMILES string of the molecule is CC(C)c1ccc(C(=O)NCC(O)COc2ccc3c(c2)OCO3)c(O)c1. The zero-order chi connectivity index (χ0) is 19.4. The second kappa shape index (κ2) is 8.18. The van der Waals surface area contributed by atoms with E-state index in [1.807, 2.05) is 13.8 Å². The largest absolute Gasteiger partial charge is 0.507 e. The van der Waals surface area contributed by atoms with E-state index in [1.165, 1.54) is 0 Å². The summed E-state index contributed by atoms with van der Waals surface area (Å²) >= 11 is 0. The number of hydrogen-bond acceptors (Lipinski definition) is 6. The molecule has 0 aromatic heterocycles. The summed E-state index contributed by atoms with van der Waals surface area (Å²) in [6.07, 6.45) is -0.906. The van der Waals surface area contributed by atoms with Crippen molar-refractivity contribution in [2.75, 3.05) is 19.9 Å². The van der Waals surface area contributed by atoms with E-state index < -0.39 is 12.0 Å². The summed E-state index contributed by atoms with van der Waals surface area (Å²) in [5.41, 5.74) is 1.12. The zero-order valence-corrected chi connectivity index (χ0v) is 15.3. The first-order valence-electron chi connectivity index (χ1n) is 8.75. The number of fused-ring (bicyclic) bond motifs is 1. The molecular formula is C20H23NO6. The Bertz CT molecular complexity index is 820. The Morgan fingerprint density at radius 2 is 1.96 bits per heavy atom. The molecule has 7 heteroatoms. The van der Waals surface area contributed by atoms with E-state index in [4.69, 9.17) is 14.2 Å². The van der Waals surface area contributed by atoms with E-state index in [0.717, 1.165) is 5.56 Å². The van der Waals surface area contributed by atoms with Gasteiger partial charge in [0.05, 0.1) is 5.56 Å². The molecule has 0 radical (unpaired) electrons. The molecule has 1 atom stereocenters. The van der Waals surface area contributed by atoms with Gasteiger partial charge in [0.1, 0.15) is 24.2 Å². The van der Waals surface area contributed by atoms with Crippen LogP contribution < -0.4 is 19.5 Å². The molecule has 2 aromatic carbocycles. The van der Waals surface area contributed by atoms with Crippen LogP contribution >= 0.6 is 0 Å². The summed E-state index contributed by atoms with van der Waals surface area (Å²) in [7, 11) is 0. The smallest absolute Gasteiger partial charge is 0.255 e. The van der Waals surface area contributed by atoms with Crippen LogP contribution in [0.1, 0.15) is 35.7 Å². The lowest BCUT2D eigenvalue weighted by Crippen LogP contribution is -2.35. The zero-order valence-electron chi connectivity index (χ0n) is 15.3. The second-order valence-electron chi connectivity index (χ2n) is 6.62. The third-order valence-electron chi connectivity index (χ3n) is 4.22. The van der Waals surface area contributed by atoms with Gasteiger partial charge >= 0.3 is 0 Å². The number of aliphatic hydroxyl groups is 1. The molecule has 0 aliphatic carbocycles. The summed E-state index contributed by atoms with van der Waals surface area (Å²) in [4.78, 5) is 12.2. The van der Waals surface area contributed by atoms with Crippen LogP contribution in [0.3, 0.4) is 0 Å². The summed E-state index contributed by atoms with van der Waals surface area (Å²) in [6.45, 7) is 4.18. The van der Waals surface area contributed by atoms with Gasteiger partial charge in [0.2, 0.25) is 6.79 Å². The molecule has 2 aromatic rings. The van der Waals surface area contributed by atoms with Crippen molar-refractivity contribution >= 4 is 5.91 Å². The maximum atomic E-state index is 12.2. The number of aromatic hydroxyl groups is 1. The third-order valence-corrected chi connectivity index (χ3v) is 4.22. The van der Waals surface area contributed by atoms with Crippen molar-refractivity contribution in [3.63, 3.8) is 0 Å². The van der Waals surface area contributed by atoms with Crippen molar-refractivity contribution in [1.82, 2.24) is 5.32 Å². The van der Waals surface area contributed by atoms with Gasteiger partial charge in [-0.3, -0.25) is 4.79 Å². The van der Waals surface area contributed by atoms with Crippen molar-refractivity contribution < 1.29 is 29.2 Å². The minimum atomic E-state index is -0.906. The molecular weight excluding hydrogens is 350 g/mol. The summed E-state index contributed by atoms with van der Waals surface area (Å²) in [5, 5.41) is 22.7. The predicted molar refractivity (Wildman–Crippen MR) is 98.6 cm³/mol. The molecule has 0 saturated carbocycles. The first-order valence-corrected chi connectivity index (χ1v) is 8.75. The Hall–Kier alpha value is -2.93. The highest BCUT2D eigenvalue weighted by Gasteiger charge is 2.16. The van der Waals surface area contributed by atoms with E-state index in [1.54, 1.807) is 36.4 Å². The predicted octanol–water partition coefficient (Wildman–Crippen LogP) is 2.41. The third kappa shape index (κ3) is 4.62. The van der Waals surface area contributed by atoms with E-state index in [0.29, 0.717) is 17.2 Å². The van der Waals surface area contributed by atoms with Gasteiger partial charge in [-0.25, -0.2) is 0 Å². The van der Waals surface area contributed by atoms with Crippen molar-refractivity contribution in [3.8, 4) is 23.0 Å². The second-order valence-corrected chi connectivity index (χ2v) is 6.62. The highest BCUT2D eigenvalue weighted by Crippen LogP contribution is 2.35. The minimum absolute atomic E-state index is 0.00179. The van der Waals surface area contributed by atoms with Gasteiger partial charge in [-0.05, 0) is 35.7 Å². The average Bonchev–Trinajstić information content (AvgIpc) is 3.12. The standard InChI is InChI=1S/C20H23NO6/c1-12(2)13-3-5-16(17(23)7-13)20(24)21-9-14(22)10-25-15-4-6-18-19(8-15)27-11-26-18/h3-8,12,14,22-23H,9-11H2,1-2H3,(H,21,24). The van der Waals surface area contributed by atoms with E-state index in [9.17, 15) is 15.0 Å². The molecule has 1 aliphatic heterocycles. The van der Waals surface area contributed by atoms with Crippen molar-refractivity contribution in [2.24, 2.45) is 0 Å². The fraction of sp³-hybridized carbons (Fsp3) is 0.350. The number of aliphatic hydroxyl groups excluding tert-OH is 1. The normalized spacial score (nSPS) is 13.5. The average molecular weight is 373 g/mol. The molecule has 1 unspecified atom stereocenters. The monoisotopic (exact) mass is 373 g/mol. The summed E-state index contributed by atoms with van der Waals surface area (Å²) in [5.74, 6) is 1.50. The van der Waals surface area contributed by atoms with Gasteiger partial charge in [-0.15, -0.1) is 0 Å². The van der Waals surface area contributed by atoms with E-state index >= 15 is 0 Å². The quantitative estimate of drug-likeness (QED) is 0.690. The molecule has 0 saturated heterocycles. The van der Waals surface area contributed by atoms with Crippen molar-refractivity contribution in [3.05, 3.63) is 47.5 Å². The number of carbonyl (C=O) groups is 1. The Morgan fingerprint density at radius 1 is 1.19 bits per heavy atom. The summed E-state index contributed by atoms with van der Waals surface area (Å²) < 4.78 is 16.0. The van der Waals surface area contributed by atoms with Gasteiger partial charge < -0.3 is 29.7 Å². The molecule has 27 heavy (non-hydrogen) atoms. The Balaban J connectivity index is 1.48. The van der Waals surface area contributed by atoms with Gasteiger partial charge in [0.25, 0.3) is 5.91 Å². The number of rotatable bonds is 7. The lowest BCUT2D eigenvalue weighted by Gasteiger charge is -2.14. The molecule has 1 aliphatic rings. The van der Waals surface area contributed by atoms with Gasteiger partial charge in [-0.1, -0.05) is 19.9 Å². The van der Waals surface area contributed by atoms with Crippen molar-refractivity contribution in [1.29, 1.82) is 0 Å². The van der Waals surface area contributed by atoms with Crippen LogP contribution in [0.15, 0.2) is 36.4 Å². The van der Waals surface area contributed by atoms with Crippen LogP contribution in [0.5, 0.6) is 23.0 Å². The lowest BCUT2D eigenvalue weighted by atomic mass is 10.0. The fourth-order valence-electron chi connectivity index (χ4n) is 2.62. The number of carbonyl (C=O) groups excluding carboxylic acids is 1. The number of phenols is 1. The highest BCUT2D eigenvalue weighted by molar-refractivity contribution is 5.96. The van der Waals surface area contributed by atoms with Crippen LogP contribution in [0, 0.1) is 0 Å². The maximum absolute atomic E-state index is 12.2. The molecule has 1 heterocycles. The van der Waals surface area contributed by atoms with Crippen LogP contribution in [0.4, 0.5) is 0 Å². The topological polar surface area (TPSA) is 97.3 Å². The maximum Gasteiger partial charge on any atom is 0.255 e. The van der Waals surface area contributed by atoms with Gasteiger partial charge in [-0.2, -0.15) is 0 Å². The molecule has 3 rings (SSSR count). The highest BCUT2D eigenvalue weighted by atomic mass is 16.7. The number of hydrogen-bond donors (Lipinski definition) is 3. The lowest BCUT2D eigenvalue weighted by molar-refractivity contribution is 0.0841. The van der Waals surface area contributed by atoms with Crippen LogP contribution in [0.2, 0.25) is 0 Å². The van der Waals surface area contributed by atoms with Crippen LogP contribution in [-0.2, 0) is 0 Å². The first kappa shape index (κ1) is 18.8. The Morgan fingerprint density at radius 3 is 2.70 bits per heavy atom. The minimum Gasteiger partial charge on any atom is -0.507 e. The molecule has 1 amide bonds. The fourth-order valence-corrected chi connectivity index (χ4v) is 2.62. The molecule has 144 valence electrons. The van der Waals surface area contributed by atoms with Crippen molar-refractivity contribution in [2.45, 2.75) is 25.9 Å². The molecule has 0 fully saturated rings. The van der Waals surface area contributed by atoms with Crippen LogP contribution in [-0.4, -0.2) is 42.2 Å². The van der Waals surface area contributed by atoms with Gasteiger partial charge in [0.15, 0.2) is 11.5 Å². The molecule has 7 nitrogen and oxygen atoms in total. The van der Waals surface area contributed by atoms with E-state index in [2.05, 4.69) is 5.32 Å². The molecule has 0 bridgehead atoms.